The third-order valence-corrected chi connectivity index (χ3v) is 5.97. The number of nitrogens with one attached hydrogen (secondary N) is 1. The highest BCUT2D eigenvalue weighted by Gasteiger charge is 2.30. The van der Waals surface area contributed by atoms with Crippen LogP contribution in [0.5, 0.6) is 0 Å². The summed E-state index contributed by atoms with van der Waals surface area (Å²) in [6, 6.07) is 6.06. The molecule has 2 aliphatic rings. The summed E-state index contributed by atoms with van der Waals surface area (Å²) < 4.78 is 7.50. The van der Waals surface area contributed by atoms with Crippen LogP contribution >= 0.6 is 0 Å². The molecule has 2 atom stereocenters. The minimum atomic E-state index is -0.114. The third kappa shape index (κ3) is 4.34. The van der Waals surface area contributed by atoms with Gasteiger partial charge in [-0.05, 0) is 58.2 Å². The molecule has 2 aromatic rings. The monoisotopic (exact) mass is 440 g/mol. The number of morpholine rings is 1. The lowest BCUT2D eigenvalue weighted by atomic mass is 9.97. The lowest BCUT2D eigenvalue weighted by Crippen LogP contribution is -2.48. The molecule has 9 nitrogen and oxygen atoms in total. The van der Waals surface area contributed by atoms with Gasteiger partial charge in [0, 0.05) is 32.2 Å². The molecular weight excluding hydrogens is 408 g/mol. The molecule has 1 N–H and O–H groups in total. The van der Waals surface area contributed by atoms with Crippen LogP contribution in [0.4, 0.5) is 4.79 Å². The van der Waals surface area contributed by atoms with E-state index in [1.54, 1.807) is 9.58 Å². The van der Waals surface area contributed by atoms with Gasteiger partial charge in [-0.15, -0.1) is 5.10 Å². The highest BCUT2D eigenvalue weighted by atomic mass is 16.5. The summed E-state index contributed by atoms with van der Waals surface area (Å²) in [6.07, 6.45) is 0.711. The second kappa shape index (κ2) is 8.90. The van der Waals surface area contributed by atoms with Crippen molar-refractivity contribution in [2.75, 3.05) is 19.6 Å². The number of fused-ring (bicyclic) bond motifs is 1. The Hall–Kier alpha value is -2.94. The number of amides is 3. The van der Waals surface area contributed by atoms with Crippen molar-refractivity contribution in [3.05, 3.63) is 40.7 Å². The van der Waals surface area contributed by atoms with Crippen molar-refractivity contribution in [2.24, 2.45) is 0 Å². The first-order valence-corrected chi connectivity index (χ1v) is 11.3. The van der Waals surface area contributed by atoms with Crippen LogP contribution in [0.1, 0.15) is 55.0 Å². The number of hydrogen-bond donors (Lipinski definition) is 1. The summed E-state index contributed by atoms with van der Waals surface area (Å²) in [5.41, 5.74) is 4.24. The van der Waals surface area contributed by atoms with Crippen molar-refractivity contribution in [1.29, 1.82) is 0 Å². The zero-order valence-corrected chi connectivity index (χ0v) is 19.5. The molecule has 172 valence electrons. The van der Waals surface area contributed by atoms with Crippen LogP contribution in [-0.2, 0) is 17.7 Å². The van der Waals surface area contributed by atoms with Crippen LogP contribution in [-0.4, -0.2) is 74.6 Å². The van der Waals surface area contributed by atoms with Gasteiger partial charge in [0.25, 0.3) is 5.91 Å². The molecule has 2 unspecified atom stereocenters. The van der Waals surface area contributed by atoms with Gasteiger partial charge in [0.05, 0.1) is 23.6 Å². The van der Waals surface area contributed by atoms with E-state index in [0.29, 0.717) is 31.9 Å². The molecule has 2 aliphatic heterocycles. The molecule has 1 aromatic heterocycles. The molecule has 3 amide bonds. The van der Waals surface area contributed by atoms with Crippen molar-refractivity contribution in [3.8, 4) is 5.69 Å². The predicted octanol–water partition coefficient (Wildman–Crippen LogP) is 2.30. The second-order valence-electron chi connectivity index (χ2n) is 9.09. The highest BCUT2D eigenvalue weighted by Crippen LogP contribution is 2.27. The molecule has 1 aromatic carbocycles. The van der Waals surface area contributed by atoms with Gasteiger partial charge in [0.15, 0.2) is 5.69 Å². The Labute approximate surface area is 188 Å². The summed E-state index contributed by atoms with van der Waals surface area (Å²) in [7, 11) is 0. The zero-order chi connectivity index (χ0) is 23.0. The highest BCUT2D eigenvalue weighted by molar-refractivity contribution is 5.93. The van der Waals surface area contributed by atoms with Gasteiger partial charge in [-0.25, -0.2) is 9.48 Å². The summed E-state index contributed by atoms with van der Waals surface area (Å²) >= 11 is 0. The lowest BCUT2D eigenvalue weighted by molar-refractivity contribution is -0.0587. The first-order chi connectivity index (χ1) is 15.2. The number of carbonyl (C=O) groups is 2. The van der Waals surface area contributed by atoms with E-state index in [1.807, 2.05) is 57.7 Å². The molecule has 0 bridgehead atoms. The van der Waals surface area contributed by atoms with E-state index >= 15 is 0 Å². The number of ether oxygens (including phenoxy) is 1. The normalized spacial score (nSPS) is 20.9. The Kier molecular flexibility index (Phi) is 6.19. The Balaban J connectivity index is 1.58. The van der Waals surface area contributed by atoms with Crippen molar-refractivity contribution >= 4 is 11.9 Å². The maximum Gasteiger partial charge on any atom is 0.317 e. The quantitative estimate of drug-likeness (QED) is 0.791. The topological polar surface area (TPSA) is 92.6 Å². The summed E-state index contributed by atoms with van der Waals surface area (Å²) in [6.45, 7) is 12.0. The zero-order valence-electron chi connectivity index (χ0n) is 19.5. The molecule has 1 fully saturated rings. The van der Waals surface area contributed by atoms with Crippen LogP contribution in [0.15, 0.2) is 18.2 Å². The Morgan fingerprint density at radius 1 is 1.16 bits per heavy atom. The molecule has 0 radical (unpaired) electrons. The van der Waals surface area contributed by atoms with E-state index in [2.05, 4.69) is 15.6 Å². The van der Waals surface area contributed by atoms with Gasteiger partial charge in [0.1, 0.15) is 0 Å². The van der Waals surface area contributed by atoms with Crippen molar-refractivity contribution < 1.29 is 14.3 Å². The number of benzene rings is 1. The number of urea groups is 1. The molecule has 0 spiro atoms. The van der Waals surface area contributed by atoms with Crippen molar-refractivity contribution in [3.63, 3.8) is 0 Å². The number of nitrogens with zero attached hydrogens (tertiary/aromatic N) is 5. The van der Waals surface area contributed by atoms with Crippen LogP contribution < -0.4 is 5.32 Å². The van der Waals surface area contributed by atoms with Crippen LogP contribution in [0.3, 0.4) is 0 Å². The van der Waals surface area contributed by atoms with Gasteiger partial charge in [-0.3, -0.25) is 4.79 Å². The SMILES string of the molecule is Cc1c(C(=O)N2CC(C)OC(C)C2)nnn1-c1cccc2c1CCN(C(=O)NC(C)C)C2. The fourth-order valence-electron chi connectivity index (χ4n) is 4.55. The van der Waals surface area contributed by atoms with Gasteiger partial charge in [0.2, 0.25) is 0 Å². The van der Waals surface area contributed by atoms with E-state index in [0.717, 1.165) is 28.9 Å². The molecule has 3 heterocycles. The average molecular weight is 441 g/mol. The molecule has 0 aliphatic carbocycles. The first kappa shape index (κ1) is 22.3. The maximum absolute atomic E-state index is 13.2. The van der Waals surface area contributed by atoms with E-state index in [1.165, 1.54) is 0 Å². The number of rotatable bonds is 3. The summed E-state index contributed by atoms with van der Waals surface area (Å²) in [5.74, 6) is -0.114. The van der Waals surface area contributed by atoms with Crippen LogP contribution in [0.25, 0.3) is 5.69 Å². The van der Waals surface area contributed by atoms with E-state index in [9.17, 15) is 9.59 Å². The Morgan fingerprint density at radius 2 is 1.88 bits per heavy atom. The molecule has 9 heteroatoms. The predicted molar refractivity (Wildman–Crippen MR) is 120 cm³/mol. The van der Waals surface area contributed by atoms with Crippen molar-refractivity contribution in [1.82, 2.24) is 30.1 Å². The lowest BCUT2D eigenvalue weighted by Gasteiger charge is -2.35. The largest absolute Gasteiger partial charge is 0.372 e. The molecule has 32 heavy (non-hydrogen) atoms. The average Bonchev–Trinajstić information content (AvgIpc) is 3.12. The summed E-state index contributed by atoms with van der Waals surface area (Å²) in [5, 5.41) is 11.5. The summed E-state index contributed by atoms with van der Waals surface area (Å²) in [4.78, 5) is 29.2. The second-order valence-corrected chi connectivity index (χ2v) is 9.09. The number of carbonyl (C=O) groups excluding carboxylic acids is 2. The van der Waals surface area contributed by atoms with E-state index < -0.39 is 0 Å². The van der Waals surface area contributed by atoms with Gasteiger partial charge in [-0.2, -0.15) is 0 Å². The standard InChI is InChI=1S/C23H32N6O3/c1-14(2)24-23(31)27-10-9-19-18(13-27)7-6-8-20(19)29-17(5)21(25-26-29)22(30)28-11-15(3)32-16(4)12-28/h6-8,14-16H,9-13H2,1-5H3,(H,24,31). The number of hydrogen-bond acceptors (Lipinski definition) is 5. The van der Waals surface area contributed by atoms with Crippen LogP contribution in [0.2, 0.25) is 0 Å². The first-order valence-electron chi connectivity index (χ1n) is 11.3. The van der Waals surface area contributed by atoms with E-state index in [-0.39, 0.29) is 30.2 Å². The smallest absolute Gasteiger partial charge is 0.317 e. The number of aromatic nitrogens is 3. The Morgan fingerprint density at radius 3 is 2.56 bits per heavy atom. The third-order valence-electron chi connectivity index (χ3n) is 5.97. The van der Waals surface area contributed by atoms with E-state index in [4.69, 9.17) is 4.74 Å². The Bertz CT molecular complexity index is 1010. The fourth-order valence-corrected chi connectivity index (χ4v) is 4.55. The molecule has 0 saturated carbocycles. The van der Waals surface area contributed by atoms with Gasteiger partial charge >= 0.3 is 6.03 Å². The fraction of sp³-hybridized carbons (Fsp3) is 0.565. The maximum atomic E-state index is 13.2. The molecule has 1 saturated heterocycles. The molecule has 4 rings (SSSR count). The minimum Gasteiger partial charge on any atom is -0.372 e. The van der Waals surface area contributed by atoms with Gasteiger partial charge in [-0.1, -0.05) is 17.3 Å². The van der Waals surface area contributed by atoms with Crippen molar-refractivity contribution in [2.45, 2.75) is 65.8 Å². The van der Waals surface area contributed by atoms with Crippen LogP contribution in [0, 0.1) is 6.92 Å². The minimum absolute atomic E-state index is 0.00460. The molecular formula is C23H32N6O3. The van der Waals surface area contributed by atoms with Gasteiger partial charge < -0.3 is 19.9 Å².